The van der Waals surface area contributed by atoms with E-state index in [2.05, 4.69) is 4.98 Å². The van der Waals surface area contributed by atoms with Crippen molar-refractivity contribution < 1.29 is 19.1 Å². The molecule has 5 rings (SSSR count). The van der Waals surface area contributed by atoms with E-state index in [1.165, 1.54) is 40.5 Å². The Hall–Kier alpha value is -3.55. The molecule has 1 atom stereocenters. The van der Waals surface area contributed by atoms with Crippen LogP contribution in [0, 0.1) is 5.82 Å². The molecule has 158 valence electrons. The number of thiazole rings is 1. The van der Waals surface area contributed by atoms with Gasteiger partial charge < -0.3 is 5.11 Å². The van der Waals surface area contributed by atoms with Crippen LogP contribution in [0.5, 0.6) is 0 Å². The van der Waals surface area contributed by atoms with Gasteiger partial charge in [0.05, 0.1) is 21.8 Å². The summed E-state index contributed by atoms with van der Waals surface area (Å²) in [6.45, 7) is 0. The molecule has 0 spiro atoms. The van der Waals surface area contributed by atoms with Crippen LogP contribution in [0.25, 0.3) is 16.0 Å². The average Bonchev–Trinajstić information content (AvgIpc) is 3.32. The number of anilines is 1. The second-order valence-electron chi connectivity index (χ2n) is 7.20. The molecule has 5 nitrogen and oxygen atoms in total. The summed E-state index contributed by atoms with van der Waals surface area (Å²) in [4.78, 5) is 32.0. The second-order valence-corrected chi connectivity index (χ2v) is 8.64. The number of benzene rings is 3. The Morgan fingerprint density at radius 3 is 2.47 bits per heavy atom. The van der Waals surface area contributed by atoms with Crippen LogP contribution in [0.15, 0.2) is 78.4 Å². The van der Waals surface area contributed by atoms with Gasteiger partial charge in [0.1, 0.15) is 11.6 Å². The number of carbonyl (C=O) groups excluding carboxylic acids is 2. The molecular weight excluding hydrogens is 451 g/mol. The highest BCUT2D eigenvalue weighted by Gasteiger charge is 2.48. The standard InChI is InChI=1S/C24H14ClFN2O3S/c25-15-8-11-17-18(12-15)32-24(27-17)28-20(13-6-9-16(26)10-7-13)19(22(30)23(28)31)21(29)14-4-2-1-3-5-14/h1-12,20,29H/b21-19+. The molecule has 1 amide bonds. The van der Waals surface area contributed by atoms with Gasteiger partial charge in [0.2, 0.25) is 0 Å². The fourth-order valence-corrected chi connectivity index (χ4v) is 5.00. The lowest BCUT2D eigenvalue weighted by molar-refractivity contribution is -0.132. The maximum absolute atomic E-state index is 13.6. The number of aromatic nitrogens is 1. The predicted molar refractivity (Wildman–Crippen MR) is 122 cm³/mol. The molecule has 1 unspecified atom stereocenters. The molecule has 2 heterocycles. The van der Waals surface area contributed by atoms with Crippen molar-refractivity contribution in [3.63, 3.8) is 0 Å². The van der Waals surface area contributed by atoms with Gasteiger partial charge in [0.15, 0.2) is 5.13 Å². The van der Waals surface area contributed by atoms with Crippen molar-refractivity contribution in [3.05, 3.63) is 100 Å². The van der Waals surface area contributed by atoms with Crippen LogP contribution in [-0.2, 0) is 9.59 Å². The third-order valence-electron chi connectivity index (χ3n) is 5.22. The zero-order valence-electron chi connectivity index (χ0n) is 16.3. The molecule has 0 radical (unpaired) electrons. The van der Waals surface area contributed by atoms with Crippen LogP contribution in [0.2, 0.25) is 5.02 Å². The van der Waals surface area contributed by atoms with Gasteiger partial charge in [-0.25, -0.2) is 9.37 Å². The maximum atomic E-state index is 13.6. The number of fused-ring (bicyclic) bond motifs is 1. The SMILES string of the molecule is O=C1C(=O)N(c2nc3ccc(Cl)cc3s2)C(c2ccc(F)cc2)/C1=C(\O)c1ccccc1. The summed E-state index contributed by atoms with van der Waals surface area (Å²) >= 11 is 7.28. The molecule has 1 aliphatic rings. The Morgan fingerprint density at radius 1 is 1.03 bits per heavy atom. The van der Waals surface area contributed by atoms with Crippen LogP contribution in [0.3, 0.4) is 0 Å². The van der Waals surface area contributed by atoms with Crippen molar-refractivity contribution in [2.45, 2.75) is 6.04 Å². The molecule has 3 aromatic carbocycles. The monoisotopic (exact) mass is 464 g/mol. The van der Waals surface area contributed by atoms with Gasteiger partial charge in [-0.1, -0.05) is 65.4 Å². The molecule has 4 aromatic rings. The Morgan fingerprint density at radius 2 is 1.75 bits per heavy atom. The zero-order valence-corrected chi connectivity index (χ0v) is 17.9. The largest absolute Gasteiger partial charge is 0.507 e. The summed E-state index contributed by atoms with van der Waals surface area (Å²) in [5.41, 5.74) is 1.41. The topological polar surface area (TPSA) is 70.5 Å². The predicted octanol–water partition coefficient (Wildman–Crippen LogP) is 5.72. The van der Waals surface area contributed by atoms with Gasteiger partial charge in [0, 0.05) is 10.6 Å². The first-order valence-corrected chi connectivity index (χ1v) is 10.8. The Bertz CT molecular complexity index is 1400. The van der Waals surface area contributed by atoms with Gasteiger partial charge in [-0.05, 0) is 35.9 Å². The number of aliphatic hydroxyl groups excluding tert-OH is 1. The van der Waals surface area contributed by atoms with E-state index >= 15 is 0 Å². The van der Waals surface area contributed by atoms with E-state index in [4.69, 9.17) is 11.6 Å². The fourth-order valence-electron chi connectivity index (χ4n) is 3.73. The highest BCUT2D eigenvalue weighted by molar-refractivity contribution is 7.22. The molecule has 0 saturated carbocycles. The number of amides is 1. The Kier molecular flexibility index (Phi) is 5.00. The Balaban J connectivity index is 1.73. The third kappa shape index (κ3) is 3.36. The molecular formula is C24H14ClFN2O3S. The second kappa shape index (κ2) is 7.85. The Labute approximate surface area is 191 Å². The summed E-state index contributed by atoms with van der Waals surface area (Å²) in [5, 5.41) is 11.8. The molecule has 8 heteroatoms. The van der Waals surface area contributed by atoms with Gasteiger partial charge >= 0.3 is 5.91 Å². The van der Waals surface area contributed by atoms with E-state index in [9.17, 15) is 19.1 Å². The van der Waals surface area contributed by atoms with Crippen molar-refractivity contribution in [2.75, 3.05) is 4.90 Å². The van der Waals surface area contributed by atoms with Gasteiger partial charge in [0.25, 0.3) is 5.78 Å². The molecule has 1 fully saturated rings. The summed E-state index contributed by atoms with van der Waals surface area (Å²) in [6, 6.07) is 18.1. The lowest BCUT2D eigenvalue weighted by atomic mass is 9.95. The van der Waals surface area contributed by atoms with E-state index in [1.807, 2.05) is 0 Å². The average molecular weight is 465 g/mol. The quantitative estimate of drug-likeness (QED) is 0.239. The van der Waals surface area contributed by atoms with Crippen molar-refractivity contribution in [1.82, 2.24) is 4.98 Å². The van der Waals surface area contributed by atoms with Gasteiger partial charge in [-0.2, -0.15) is 0 Å². The van der Waals surface area contributed by atoms with Crippen molar-refractivity contribution >= 4 is 55.7 Å². The first kappa shape index (κ1) is 20.4. The van der Waals surface area contributed by atoms with E-state index in [-0.39, 0.29) is 16.5 Å². The third-order valence-corrected chi connectivity index (χ3v) is 6.48. The number of rotatable bonds is 3. The summed E-state index contributed by atoms with van der Waals surface area (Å²) < 4.78 is 14.4. The summed E-state index contributed by atoms with van der Waals surface area (Å²) in [5.74, 6) is -2.41. The normalized spacial score (nSPS) is 17.9. The first-order valence-electron chi connectivity index (χ1n) is 9.62. The van der Waals surface area contributed by atoms with Crippen LogP contribution >= 0.6 is 22.9 Å². The summed E-state index contributed by atoms with van der Waals surface area (Å²) in [6.07, 6.45) is 0. The van der Waals surface area contributed by atoms with Crippen molar-refractivity contribution in [2.24, 2.45) is 0 Å². The van der Waals surface area contributed by atoms with Gasteiger partial charge in [-0.15, -0.1) is 0 Å². The van der Waals surface area contributed by atoms with E-state index in [0.29, 0.717) is 21.7 Å². The van der Waals surface area contributed by atoms with E-state index in [1.54, 1.807) is 48.5 Å². The zero-order chi connectivity index (χ0) is 22.4. The molecule has 1 saturated heterocycles. The minimum absolute atomic E-state index is 0.0786. The number of hydrogen-bond acceptors (Lipinski definition) is 5. The van der Waals surface area contributed by atoms with Crippen LogP contribution < -0.4 is 4.90 Å². The molecule has 1 aromatic heterocycles. The highest BCUT2D eigenvalue weighted by atomic mass is 35.5. The van der Waals surface area contributed by atoms with Crippen molar-refractivity contribution in [1.29, 1.82) is 0 Å². The minimum Gasteiger partial charge on any atom is -0.507 e. The van der Waals surface area contributed by atoms with E-state index in [0.717, 1.165) is 4.70 Å². The molecule has 0 bridgehead atoms. The number of aliphatic hydroxyl groups is 1. The van der Waals surface area contributed by atoms with Gasteiger partial charge in [-0.3, -0.25) is 14.5 Å². The molecule has 1 N–H and O–H groups in total. The number of carbonyl (C=O) groups is 2. The van der Waals surface area contributed by atoms with Crippen LogP contribution in [0.1, 0.15) is 17.2 Å². The van der Waals surface area contributed by atoms with E-state index < -0.39 is 23.5 Å². The summed E-state index contributed by atoms with van der Waals surface area (Å²) in [7, 11) is 0. The number of halogens is 2. The maximum Gasteiger partial charge on any atom is 0.301 e. The number of hydrogen-bond donors (Lipinski definition) is 1. The van der Waals surface area contributed by atoms with Crippen LogP contribution in [-0.4, -0.2) is 21.8 Å². The molecule has 32 heavy (non-hydrogen) atoms. The fraction of sp³-hybridized carbons (Fsp3) is 0.0417. The number of nitrogens with zero attached hydrogens (tertiary/aromatic N) is 2. The first-order chi connectivity index (χ1) is 15.4. The highest BCUT2D eigenvalue weighted by Crippen LogP contribution is 2.44. The van der Waals surface area contributed by atoms with Crippen molar-refractivity contribution in [3.8, 4) is 0 Å². The van der Waals surface area contributed by atoms with Crippen LogP contribution in [0.4, 0.5) is 9.52 Å². The minimum atomic E-state index is -0.966. The smallest absolute Gasteiger partial charge is 0.301 e. The number of ketones is 1. The lowest BCUT2D eigenvalue weighted by Crippen LogP contribution is -2.29. The molecule has 1 aliphatic heterocycles. The molecule has 0 aliphatic carbocycles. The lowest BCUT2D eigenvalue weighted by Gasteiger charge is -2.22. The number of Topliss-reactive ketones (excluding diaryl/α,β-unsaturated/α-hetero) is 1.